The molecule has 1 rings (SSSR count). The molecule has 1 unspecified atom stereocenters. The maximum absolute atomic E-state index is 12.0. The lowest BCUT2D eigenvalue weighted by molar-refractivity contribution is -0.137. The van der Waals surface area contributed by atoms with E-state index in [1.165, 1.54) is 10.8 Å². The summed E-state index contributed by atoms with van der Waals surface area (Å²) in [5.74, 6) is -0.565. The third kappa shape index (κ3) is 3.58. The Balaban J connectivity index is 2.96. The molecule has 0 radical (unpaired) electrons. The van der Waals surface area contributed by atoms with Crippen molar-refractivity contribution in [2.45, 2.75) is 39.8 Å². The van der Waals surface area contributed by atoms with Crippen LogP contribution >= 0.6 is 0 Å². The van der Waals surface area contributed by atoms with Gasteiger partial charge in [-0.25, -0.2) is 9.78 Å². The molecule has 100 valence electrons. The number of nitrogens with one attached hydrogen (secondary N) is 1. The standard InChI is InChI=1S/C12H19N3O3/c1-4-9(12(17)18)14-10-11(16)15(6-5-13-10)7-8(2)3/h5-6,8-9H,4,7H2,1-3H3,(H,13,14)(H,17,18). The fourth-order valence-corrected chi connectivity index (χ4v) is 1.59. The van der Waals surface area contributed by atoms with Gasteiger partial charge in [-0.3, -0.25) is 4.79 Å². The van der Waals surface area contributed by atoms with Gasteiger partial charge in [-0.2, -0.15) is 0 Å². The van der Waals surface area contributed by atoms with Gasteiger partial charge in [-0.1, -0.05) is 20.8 Å². The van der Waals surface area contributed by atoms with E-state index in [0.717, 1.165) is 0 Å². The van der Waals surface area contributed by atoms with Crippen molar-refractivity contribution in [3.05, 3.63) is 22.7 Å². The zero-order chi connectivity index (χ0) is 13.7. The van der Waals surface area contributed by atoms with Gasteiger partial charge in [0.25, 0.3) is 5.56 Å². The Labute approximate surface area is 106 Å². The van der Waals surface area contributed by atoms with Crippen LogP contribution in [-0.4, -0.2) is 26.7 Å². The second kappa shape index (κ2) is 6.18. The highest BCUT2D eigenvalue weighted by molar-refractivity contribution is 5.76. The van der Waals surface area contributed by atoms with Gasteiger partial charge in [0.05, 0.1) is 0 Å². The molecule has 0 fully saturated rings. The molecule has 1 aromatic heterocycles. The molecule has 0 aromatic carbocycles. The van der Waals surface area contributed by atoms with Crippen LogP contribution in [0.4, 0.5) is 5.82 Å². The van der Waals surface area contributed by atoms with Crippen molar-refractivity contribution in [3.63, 3.8) is 0 Å². The molecule has 1 atom stereocenters. The van der Waals surface area contributed by atoms with Crippen LogP contribution in [0, 0.1) is 5.92 Å². The number of carboxylic acids is 1. The number of aliphatic carboxylic acids is 1. The molecule has 0 saturated carbocycles. The first kappa shape index (κ1) is 14.2. The molecular formula is C12H19N3O3. The average molecular weight is 253 g/mol. The second-order valence-electron chi connectivity index (χ2n) is 4.57. The number of nitrogens with zero attached hydrogens (tertiary/aromatic N) is 2. The molecule has 0 saturated heterocycles. The van der Waals surface area contributed by atoms with Crippen LogP contribution in [-0.2, 0) is 11.3 Å². The predicted octanol–water partition coefficient (Wildman–Crippen LogP) is 1.17. The highest BCUT2D eigenvalue weighted by Gasteiger charge is 2.17. The predicted molar refractivity (Wildman–Crippen MR) is 68.7 cm³/mol. The summed E-state index contributed by atoms with van der Waals surface area (Å²) in [5.41, 5.74) is -0.286. The number of aromatic nitrogens is 2. The molecule has 18 heavy (non-hydrogen) atoms. The van der Waals surface area contributed by atoms with Gasteiger partial charge in [0.15, 0.2) is 5.82 Å². The van der Waals surface area contributed by atoms with E-state index < -0.39 is 12.0 Å². The topological polar surface area (TPSA) is 84.2 Å². The molecule has 0 spiro atoms. The number of carbonyl (C=O) groups is 1. The van der Waals surface area contributed by atoms with Gasteiger partial charge < -0.3 is 15.0 Å². The van der Waals surface area contributed by atoms with Crippen molar-refractivity contribution in [2.24, 2.45) is 5.92 Å². The Hall–Kier alpha value is -1.85. The Morgan fingerprint density at radius 1 is 1.56 bits per heavy atom. The second-order valence-corrected chi connectivity index (χ2v) is 4.57. The lowest BCUT2D eigenvalue weighted by Gasteiger charge is -2.14. The normalized spacial score (nSPS) is 12.4. The largest absolute Gasteiger partial charge is 0.480 e. The monoisotopic (exact) mass is 253 g/mol. The van der Waals surface area contributed by atoms with E-state index in [9.17, 15) is 9.59 Å². The fourth-order valence-electron chi connectivity index (χ4n) is 1.59. The molecule has 0 aliphatic rings. The van der Waals surface area contributed by atoms with E-state index >= 15 is 0 Å². The Morgan fingerprint density at radius 3 is 2.72 bits per heavy atom. The van der Waals surface area contributed by atoms with Crippen molar-refractivity contribution in [2.75, 3.05) is 5.32 Å². The zero-order valence-electron chi connectivity index (χ0n) is 10.9. The van der Waals surface area contributed by atoms with Crippen molar-refractivity contribution < 1.29 is 9.90 Å². The minimum Gasteiger partial charge on any atom is -0.480 e. The molecule has 0 bridgehead atoms. The number of hydrogen-bond acceptors (Lipinski definition) is 4. The van der Waals surface area contributed by atoms with Gasteiger partial charge in [-0.15, -0.1) is 0 Å². The van der Waals surface area contributed by atoms with Gasteiger partial charge >= 0.3 is 5.97 Å². The molecule has 2 N–H and O–H groups in total. The molecule has 1 aromatic rings. The summed E-state index contributed by atoms with van der Waals surface area (Å²) < 4.78 is 1.54. The van der Waals surface area contributed by atoms with Crippen molar-refractivity contribution in [3.8, 4) is 0 Å². The van der Waals surface area contributed by atoms with Gasteiger partial charge in [-0.05, 0) is 12.3 Å². The third-order valence-electron chi connectivity index (χ3n) is 2.49. The quantitative estimate of drug-likeness (QED) is 0.795. The number of carboxylic acid groups (broad SMARTS) is 1. The Kier molecular flexibility index (Phi) is 4.88. The molecule has 1 heterocycles. The summed E-state index contributed by atoms with van der Waals surface area (Å²) in [7, 11) is 0. The first-order chi connectivity index (χ1) is 8.45. The Bertz CT molecular complexity index is 468. The first-order valence-corrected chi connectivity index (χ1v) is 6.00. The smallest absolute Gasteiger partial charge is 0.326 e. The van der Waals surface area contributed by atoms with Crippen LogP contribution in [0.3, 0.4) is 0 Å². The summed E-state index contributed by atoms with van der Waals surface area (Å²) in [6, 6.07) is -0.792. The van der Waals surface area contributed by atoms with Crippen LogP contribution < -0.4 is 10.9 Å². The lowest BCUT2D eigenvalue weighted by atomic mass is 10.2. The molecule has 0 amide bonds. The van der Waals surface area contributed by atoms with E-state index in [2.05, 4.69) is 10.3 Å². The van der Waals surface area contributed by atoms with E-state index in [1.807, 2.05) is 13.8 Å². The van der Waals surface area contributed by atoms with Crippen LogP contribution in [0.15, 0.2) is 17.2 Å². The van der Waals surface area contributed by atoms with E-state index in [1.54, 1.807) is 13.1 Å². The summed E-state index contributed by atoms with van der Waals surface area (Å²) in [5, 5.41) is 11.6. The van der Waals surface area contributed by atoms with Crippen LogP contribution in [0.2, 0.25) is 0 Å². The highest BCUT2D eigenvalue weighted by atomic mass is 16.4. The maximum atomic E-state index is 12.0. The summed E-state index contributed by atoms with van der Waals surface area (Å²) >= 11 is 0. The molecule has 6 nitrogen and oxygen atoms in total. The molecular weight excluding hydrogens is 234 g/mol. The van der Waals surface area contributed by atoms with E-state index in [-0.39, 0.29) is 11.4 Å². The minimum atomic E-state index is -0.988. The first-order valence-electron chi connectivity index (χ1n) is 6.00. The highest BCUT2D eigenvalue weighted by Crippen LogP contribution is 2.02. The summed E-state index contributed by atoms with van der Waals surface area (Å²) in [4.78, 5) is 26.8. The van der Waals surface area contributed by atoms with Crippen LogP contribution in [0.1, 0.15) is 27.2 Å². The van der Waals surface area contributed by atoms with Gasteiger partial charge in [0, 0.05) is 18.9 Å². The number of hydrogen-bond donors (Lipinski definition) is 2. The van der Waals surface area contributed by atoms with E-state index in [0.29, 0.717) is 18.9 Å². The summed E-state index contributed by atoms with van der Waals surface area (Å²) in [6.45, 7) is 6.33. The van der Waals surface area contributed by atoms with Crippen LogP contribution in [0.25, 0.3) is 0 Å². The summed E-state index contributed by atoms with van der Waals surface area (Å²) in [6.07, 6.45) is 3.49. The number of anilines is 1. The minimum absolute atomic E-state index is 0.0902. The lowest BCUT2D eigenvalue weighted by Crippen LogP contribution is -2.34. The van der Waals surface area contributed by atoms with Crippen LogP contribution in [0.5, 0.6) is 0 Å². The zero-order valence-corrected chi connectivity index (χ0v) is 10.9. The average Bonchev–Trinajstić information content (AvgIpc) is 2.29. The van der Waals surface area contributed by atoms with Gasteiger partial charge in [0.1, 0.15) is 6.04 Å². The maximum Gasteiger partial charge on any atom is 0.326 e. The third-order valence-corrected chi connectivity index (χ3v) is 2.49. The molecule has 6 heteroatoms. The van der Waals surface area contributed by atoms with Crippen molar-refractivity contribution >= 4 is 11.8 Å². The van der Waals surface area contributed by atoms with Crippen molar-refractivity contribution in [1.29, 1.82) is 0 Å². The fraction of sp³-hybridized carbons (Fsp3) is 0.583. The number of rotatable bonds is 6. The van der Waals surface area contributed by atoms with E-state index in [4.69, 9.17) is 5.11 Å². The molecule has 0 aliphatic carbocycles. The van der Waals surface area contributed by atoms with Crippen molar-refractivity contribution in [1.82, 2.24) is 9.55 Å². The molecule has 0 aliphatic heterocycles. The van der Waals surface area contributed by atoms with Gasteiger partial charge in [0.2, 0.25) is 0 Å². The Morgan fingerprint density at radius 2 is 2.22 bits per heavy atom. The SMILES string of the molecule is CCC(Nc1nccn(CC(C)C)c1=O)C(=O)O.